The first-order chi connectivity index (χ1) is 16.0. The molecular formula is C27H26N4OS. The third kappa shape index (κ3) is 5.28. The van der Waals surface area contributed by atoms with Gasteiger partial charge >= 0.3 is 0 Å². The fourth-order valence-corrected chi connectivity index (χ4v) is 4.52. The van der Waals surface area contributed by atoms with Gasteiger partial charge in [-0.2, -0.15) is 5.26 Å². The van der Waals surface area contributed by atoms with E-state index in [0.29, 0.717) is 17.3 Å². The molecule has 0 spiro atoms. The molecule has 33 heavy (non-hydrogen) atoms. The van der Waals surface area contributed by atoms with Gasteiger partial charge in [0.15, 0.2) is 5.13 Å². The van der Waals surface area contributed by atoms with Crippen LogP contribution in [-0.4, -0.2) is 9.97 Å². The number of pyridine rings is 1. The molecule has 0 saturated heterocycles. The van der Waals surface area contributed by atoms with Gasteiger partial charge in [-0.15, -0.1) is 0 Å². The van der Waals surface area contributed by atoms with Gasteiger partial charge in [-0.1, -0.05) is 54.7 Å². The molecule has 2 heterocycles. The van der Waals surface area contributed by atoms with E-state index in [1.54, 1.807) is 6.07 Å². The predicted octanol–water partition coefficient (Wildman–Crippen LogP) is 6.47. The predicted molar refractivity (Wildman–Crippen MR) is 134 cm³/mol. The number of aromatic nitrogens is 2. The second-order valence-corrected chi connectivity index (χ2v) is 9.00. The summed E-state index contributed by atoms with van der Waals surface area (Å²) in [6, 6.07) is 22.2. The van der Waals surface area contributed by atoms with Crippen LogP contribution in [0, 0.1) is 18.3 Å². The lowest BCUT2D eigenvalue weighted by atomic mass is 10.0. The SMILES string of the molecule is CCc1ccc(COC(C)c2cc(-c3sc(N)nc3-c3cccc(C#N)c3)cc(C)n2)cc1. The number of anilines is 1. The van der Waals surface area contributed by atoms with Crippen LogP contribution in [-0.2, 0) is 17.8 Å². The summed E-state index contributed by atoms with van der Waals surface area (Å²) in [7, 11) is 0. The van der Waals surface area contributed by atoms with Crippen molar-refractivity contribution in [2.45, 2.75) is 39.9 Å². The monoisotopic (exact) mass is 454 g/mol. The second-order valence-electron chi connectivity index (χ2n) is 7.97. The van der Waals surface area contributed by atoms with Gasteiger partial charge in [0, 0.05) is 11.3 Å². The summed E-state index contributed by atoms with van der Waals surface area (Å²) in [6.45, 7) is 6.67. The maximum atomic E-state index is 9.28. The average molecular weight is 455 g/mol. The largest absolute Gasteiger partial charge is 0.375 e. The molecule has 4 aromatic rings. The van der Waals surface area contributed by atoms with Crippen molar-refractivity contribution in [3.05, 3.63) is 88.7 Å². The van der Waals surface area contributed by atoms with Gasteiger partial charge in [0.1, 0.15) is 0 Å². The van der Waals surface area contributed by atoms with Crippen molar-refractivity contribution in [3.8, 4) is 27.8 Å². The number of nitrogens with zero attached hydrogens (tertiary/aromatic N) is 3. The van der Waals surface area contributed by atoms with Crippen LogP contribution in [0.3, 0.4) is 0 Å². The number of rotatable bonds is 7. The third-order valence-corrected chi connectivity index (χ3v) is 6.43. The van der Waals surface area contributed by atoms with Crippen molar-refractivity contribution < 1.29 is 4.74 Å². The minimum absolute atomic E-state index is 0.176. The highest BCUT2D eigenvalue weighted by Crippen LogP contribution is 2.39. The lowest BCUT2D eigenvalue weighted by Gasteiger charge is -2.15. The van der Waals surface area contributed by atoms with Crippen molar-refractivity contribution in [3.63, 3.8) is 0 Å². The number of hydrogen-bond acceptors (Lipinski definition) is 6. The molecule has 0 saturated carbocycles. The lowest BCUT2D eigenvalue weighted by Crippen LogP contribution is -2.04. The van der Waals surface area contributed by atoms with Gasteiger partial charge in [0.05, 0.1) is 40.6 Å². The van der Waals surface area contributed by atoms with E-state index in [9.17, 15) is 5.26 Å². The topological polar surface area (TPSA) is 84.8 Å². The van der Waals surface area contributed by atoms with Gasteiger partial charge in [-0.3, -0.25) is 4.98 Å². The van der Waals surface area contributed by atoms with Crippen molar-refractivity contribution in [1.82, 2.24) is 9.97 Å². The molecule has 0 radical (unpaired) electrons. The van der Waals surface area contributed by atoms with E-state index < -0.39 is 0 Å². The number of ether oxygens (including phenoxy) is 1. The number of hydrogen-bond donors (Lipinski definition) is 1. The summed E-state index contributed by atoms with van der Waals surface area (Å²) in [4.78, 5) is 10.2. The fraction of sp³-hybridized carbons (Fsp3) is 0.222. The zero-order valence-electron chi connectivity index (χ0n) is 19.0. The number of aryl methyl sites for hydroxylation is 2. The van der Waals surface area contributed by atoms with E-state index in [-0.39, 0.29) is 6.10 Å². The highest BCUT2D eigenvalue weighted by Gasteiger charge is 2.17. The van der Waals surface area contributed by atoms with E-state index in [1.165, 1.54) is 16.9 Å². The third-order valence-electron chi connectivity index (χ3n) is 5.49. The molecule has 0 aliphatic carbocycles. The normalized spacial score (nSPS) is 11.8. The molecule has 2 N–H and O–H groups in total. The highest BCUT2D eigenvalue weighted by molar-refractivity contribution is 7.19. The number of benzene rings is 2. The van der Waals surface area contributed by atoms with E-state index in [2.05, 4.69) is 42.2 Å². The molecule has 6 heteroatoms. The zero-order chi connectivity index (χ0) is 23.4. The van der Waals surface area contributed by atoms with Crippen LogP contribution in [0.2, 0.25) is 0 Å². The quantitative estimate of drug-likeness (QED) is 0.346. The standard InChI is InChI=1S/C27H26N4OS/c1-4-19-8-10-20(11-9-19)16-32-18(3)24-14-23(12-17(2)30-24)26-25(31-27(29)33-26)22-7-5-6-21(13-22)15-28/h5-14,18H,4,16H2,1-3H3,(H2,29,31). The number of nitrogens with two attached hydrogens (primary N) is 1. The molecule has 1 atom stereocenters. The Morgan fingerprint density at radius 3 is 2.52 bits per heavy atom. The first-order valence-electron chi connectivity index (χ1n) is 10.9. The molecular weight excluding hydrogens is 428 g/mol. The summed E-state index contributed by atoms with van der Waals surface area (Å²) in [5.74, 6) is 0. The Kier molecular flexibility index (Phi) is 6.83. The van der Waals surface area contributed by atoms with Crippen LogP contribution in [0.25, 0.3) is 21.7 Å². The Morgan fingerprint density at radius 2 is 1.79 bits per heavy atom. The van der Waals surface area contributed by atoms with Crippen LogP contribution in [0.5, 0.6) is 0 Å². The van der Waals surface area contributed by atoms with E-state index in [1.807, 2.05) is 44.2 Å². The van der Waals surface area contributed by atoms with Gasteiger partial charge in [-0.25, -0.2) is 4.98 Å². The molecule has 0 aliphatic heterocycles. The molecule has 5 nitrogen and oxygen atoms in total. The number of nitrogen functional groups attached to an aromatic ring is 1. The van der Waals surface area contributed by atoms with E-state index in [0.717, 1.165) is 45.1 Å². The second kappa shape index (κ2) is 9.95. The van der Waals surface area contributed by atoms with Gasteiger partial charge in [0.2, 0.25) is 0 Å². The smallest absolute Gasteiger partial charge is 0.181 e. The van der Waals surface area contributed by atoms with Gasteiger partial charge in [0.25, 0.3) is 0 Å². The molecule has 2 aromatic heterocycles. The van der Waals surface area contributed by atoms with Crippen molar-refractivity contribution >= 4 is 16.5 Å². The van der Waals surface area contributed by atoms with Crippen LogP contribution in [0.15, 0.2) is 60.7 Å². The molecule has 1 unspecified atom stereocenters. The summed E-state index contributed by atoms with van der Waals surface area (Å²) >= 11 is 1.43. The Balaban J connectivity index is 1.61. The van der Waals surface area contributed by atoms with Crippen LogP contribution in [0.4, 0.5) is 5.13 Å². The molecule has 0 aliphatic rings. The Hall–Kier alpha value is -3.53. The molecule has 0 amide bonds. The molecule has 2 aromatic carbocycles. The molecule has 4 rings (SSSR count). The Bertz CT molecular complexity index is 1300. The molecule has 166 valence electrons. The van der Waals surface area contributed by atoms with Crippen LogP contribution in [0.1, 0.15) is 48.0 Å². The van der Waals surface area contributed by atoms with Crippen molar-refractivity contribution in [2.75, 3.05) is 5.73 Å². The van der Waals surface area contributed by atoms with Crippen molar-refractivity contribution in [1.29, 1.82) is 5.26 Å². The van der Waals surface area contributed by atoms with Crippen LogP contribution >= 0.6 is 11.3 Å². The summed E-state index contributed by atoms with van der Waals surface area (Å²) in [5.41, 5.74) is 13.5. The zero-order valence-corrected chi connectivity index (χ0v) is 19.8. The first kappa shape index (κ1) is 22.7. The van der Waals surface area contributed by atoms with Gasteiger partial charge in [-0.05, 0) is 61.2 Å². The summed E-state index contributed by atoms with van der Waals surface area (Å²) < 4.78 is 6.15. The van der Waals surface area contributed by atoms with Crippen molar-refractivity contribution in [2.24, 2.45) is 0 Å². The van der Waals surface area contributed by atoms with E-state index in [4.69, 9.17) is 15.5 Å². The summed E-state index contributed by atoms with van der Waals surface area (Å²) in [5, 5.41) is 9.76. The Morgan fingerprint density at radius 1 is 1.03 bits per heavy atom. The fourth-order valence-electron chi connectivity index (χ4n) is 3.68. The lowest BCUT2D eigenvalue weighted by molar-refractivity contribution is 0.0497. The first-order valence-corrected chi connectivity index (χ1v) is 11.7. The molecule has 0 bridgehead atoms. The Labute approximate surface area is 198 Å². The molecule has 0 fully saturated rings. The van der Waals surface area contributed by atoms with Crippen LogP contribution < -0.4 is 5.73 Å². The van der Waals surface area contributed by atoms with Gasteiger partial charge < -0.3 is 10.5 Å². The maximum Gasteiger partial charge on any atom is 0.181 e. The number of thiazole rings is 1. The average Bonchev–Trinajstić information content (AvgIpc) is 3.24. The highest BCUT2D eigenvalue weighted by atomic mass is 32.1. The minimum Gasteiger partial charge on any atom is -0.375 e. The summed E-state index contributed by atoms with van der Waals surface area (Å²) in [6.07, 6.45) is 0.850. The maximum absolute atomic E-state index is 9.28. The number of nitriles is 1. The van der Waals surface area contributed by atoms with E-state index >= 15 is 0 Å². The minimum atomic E-state index is -0.176.